The summed E-state index contributed by atoms with van der Waals surface area (Å²) in [6.45, 7) is 2.77. The number of hydrogen-bond donors (Lipinski definition) is 1. The van der Waals surface area contributed by atoms with Gasteiger partial charge in [0.25, 0.3) is 5.91 Å². The summed E-state index contributed by atoms with van der Waals surface area (Å²) in [7, 11) is -3.59. The first-order chi connectivity index (χ1) is 13.8. The zero-order chi connectivity index (χ0) is 20.9. The first kappa shape index (κ1) is 21.4. The van der Waals surface area contributed by atoms with Gasteiger partial charge >= 0.3 is 5.97 Å². The molecule has 9 nitrogen and oxygen atoms in total. The standard InChI is InChI=1S/C18H21N3O6S2/c1-13-19-15(12-28-13)10-18(23)27-11-17(22)20-14-2-4-16(5-3-14)29(24,25)21-6-8-26-9-7-21/h2-5,12H,6-11H2,1H3,(H,20,22). The molecule has 1 aliphatic rings. The number of nitrogens with one attached hydrogen (secondary N) is 1. The number of rotatable bonds is 7. The molecule has 0 saturated carbocycles. The highest BCUT2D eigenvalue weighted by molar-refractivity contribution is 7.89. The Morgan fingerprint density at radius 1 is 1.24 bits per heavy atom. The summed E-state index contributed by atoms with van der Waals surface area (Å²) < 4.78 is 36.6. The number of esters is 1. The molecule has 0 radical (unpaired) electrons. The molecular weight excluding hydrogens is 418 g/mol. The van der Waals surface area contributed by atoms with E-state index >= 15 is 0 Å². The Morgan fingerprint density at radius 3 is 2.55 bits per heavy atom. The topological polar surface area (TPSA) is 115 Å². The van der Waals surface area contributed by atoms with Crippen LogP contribution in [0.3, 0.4) is 0 Å². The normalized spacial score (nSPS) is 15.1. The highest BCUT2D eigenvalue weighted by Crippen LogP contribution is 2.19. The van der Waals surface area contributed by atoms with E-state index < -0.39 is 28.5 Å². The van der Waals surface area contributed by atoms with Crippen LogP contribution in [0.25, 0.3) is 0 Å². The van der Waals surface area contributed by atoms with Gasteiger partial charge in [0.2, 0.25) is 10.0 Å². The minimum atomic E-state index is -3.59. The quantitative estimate of drug-likeness (QED) is 0.645. The van der Waals surface area contributed by atoms with Gasteiger partial charge in [-0.3, -0.25) is 9.59 Å². The fourth-order valence-corrected chi connectivity index (χ4v) is 4.70. The van der Waals surface area contributed by atoms with Gasteiger partial charge in [-0.25, -0.2) is 13.4 Å². The average molecular weight is 440 g/mol. The molecule has 0 unspecified atom stereocenters. The Labute approximate surface area is 172 Å². The van der Waals surface area contributed by atoms with Crippen LogP contribution in [0.15, 0.2) is 34.5 Å². The lowest BCUT2D eigenvalue weighted by Gasteiger charge is -2.26. The molecular formula is C18H21N3O6S2. The summed E-state index contributed by atoms with van der Waals surface area (Å²) in [6, 6.07) is 5.84. The van der Waals surface area contributed by atoms with E-state index in [2.05, 4.69) is 10.3 Å². The molecule has 1 saturated heterocycles. The maximum atomic E-state index is 12.6. The van der Waals surface area contributed by atoms with Crippen molar-refractivity contribution in [3.63, 3.8) is 0 Å². The Bertz CT molecular complexity index is 966. The molecule has 1 N–H and O–H groups in total. The summed E-state index contributed by atoms with van der Waals surface area (Å²) in [5.41, 5.74) is 1.01. The van der Waals surface area contributed by atoms with Crippen LogP contribution in [0.2, 0.25) is 0 Å². The van der Waals surface area contributed by atoms with Crippen LogP contribution in [0.5, 0.6) is 0 Å². The van der Waals surface area contributed by atoms with Gasteiger partial charge in [0, 0.05) is 24.2 Å². The number of carbonyl (C=O) groups is 2. The molecule has 1 fully saturated rings. The SMILES string of the molecule is Cc1nc(CC(=O)OCC(=O)Nc2ccc(S(=O)(=O)N3CCOCC3)cc2)cs1. The third-order valence-corrected chi connectivity index (χ3v) is 6.84. The van der Waals surface area contributed by atoms with E-state index in [1.165, 1.54) is 39.9 Å². The number of carbonyl (C=O) groups excluding carboxylic acids is 2. The van der Waals surface area contributed by atoms with Crippen molar-refractivity contribution in [1.82, 2.24) is 9.29 Å². The van der Waals surface area contributed by atoms with Crippen LogP contribution < -0.4 is 5.32 Å². The Kier molecular flexibility index (Phi) is 6.96. The van der Waals surface area contributed by atoms with E-state index in [1.807, 2.05) is 6.92 Å². The van der Waals surface area contributed by atoms with E-state index in [0.29, 0.717) is 37.7 Å². The van der Waals surface area contributed by atoms with Gasteiger partial charge in [-0.1, -0.05) is 0 Å². The van der Waals surface area contributed by atoms with Crippen molar-refractivity contribution in [2.75, 3.05) is 38.2 Å². The molecule has 0 spiro atoms. The zero-order valence-electron chi connectivity index (χ0n) is 15.8. The molecule has 3 rings (SSSR count). The van der Waals surface area contributed by atoms with E-state index in [1.54, 1.807) is 5.38 Å². The second-order valence-electron chi connectivity index (χ2n) is 6.28. The average Bonchev–Trinajstić information content (AvgIpc) is 3.12. The molecule has 156 valence electrons. The summed E-state index contributed by atoms with van der Waals surface area (Å²) in [4.78, 5) is 28.0. The number of aromatic nitrogens is 1. The number of anilines is 1. The van der Waals surface area contributed by atoms with E-state index in [0.717, 1.165) is 5.01 Å². The lowest BCUT2D eigenvalue weighted by molar-refractivity contribution is -0.146. The fourth-order valence-electron chi connectivity index (χ4n) is 2.68. The Hall–Kier alpha value is -2.34. The van der Waals surface area contributed by atoms with Crippen molar-refractivity contribution in [3.8, 4) is 0 Å². The highest BCUT2D eigenvalue weighted by atomic mass is 32.2. The molecule has 11 heteroatoms. The van der Waals surface area contributed by atoms with Crippen LogP contribution in [-0.2, 0) is 35.5 Å². The molecule has 0 bridgehead atoms. The van der Waals surface area contributed by atoms with Gasteiger partial charge in [-0.2, -0.15) is 4.31 Å². The maximum absolute atomic E-state index is 12.6. The lowest BCUT2D eigenvalue weighted by atomic mass is 10.3. The number of ether oxygens (including phenoxy) is 2. The van der Waals surface area contributed by atoms with Crippen LogP contribution in [0.1, 0.15) is 10.7 Å². The van der Waals surface area contributed by atoms with Gasteiger partial charge < -0.3 is 14.8 Å². The summed E-state index contributed by atoms with van der Waals surface area (Å²) >= 11 is 1.43. The zero-order valence-corrected chi connectivity index (χ0v) is 17.4. The predicted octanol–water partition coefficient (Wildman–Crippen LogP) is 1.20. The molecule has 1 amide bonds. The lowest BCUT2D eigenvalue weighted by Crippen LogP contribution is -2.40. The molecule has 1 aliphatic heterocycles. The number of aryl methyl sites for hydroxylation is 1. The number of hydrogen-bond acceptors (Lipinski definition) is 8. The third kappa shape index (κ3) is 5.82. The molecule has 0 aliphatic carbocycles. The summed E-state index contributed by atoms with van der Waals surface area (Å²) in [5, 5.41) is 5.18. The summed E-state index contributed by atoms with van der Waals surface area (Å²) in [5.74, 6) is -1.06. The van der Waals surface area contributed by atoms with Crippen LogP contribution in [0, 0.1) is 6.92 Å². The van der Waals surface area contributed by atoms with E-state index in [9.17, 15) is 18.0 Å². The Balaban J connectivity index is 1.50. The third-order valence-electron chi connectivity index (χ3n) is 4.10. The fraction of sp³-hybridized carbons (Fsp3) is 0.389. The summed E-state index contributed by atoms with van der Waals surface area (Å²) in [6.07, 6.45) is 0.00567. The first-order valence-corrected chi connectivity index (χ1v) is 11.2. The van der Waals surface area contributed by atoms with Gasteiger partial charge in [0.05, 0.1) is 35.2 Å². The molecule has 1 aromatic carbocycles. The molecule has 1 aromatic heterocycles. The van der Waals surface area contributed by atoms with Gasteiger partial charge in [-0.15, -0.1) is 11.3 Å². The smallest absolute Gasteiger partial charge is 0.312 e. The predicted molar refractivity (Wildman–Crippen MR) is 106 cm³/mol. The molecule has 2 aromatic rings. The highest BCUT2D eigenvalue weighted by Gasteiger charge is 2.26. The van der Waals surface area contributed by atoms with Crippen molar-refractivity contribution < 1.29 is 27.5 Å². The van der Waals surface area contributed by atoms with Crippen LogP contribution >= 0.6 is 11.3 Å². The number of thiazole rings is 1. The number of nitrogens with zero attached hydrogens (tertiary/aromatic N) is 2. The number of amides is 1. The second-order valence-corrected chi connectivity index (χ2v) is 9.28. The van der Waals surface area contributed by atoms with E-state index in [4.69, 9.17) is 9.47 Å². The van der Waals surface area contributed by atoms with Crippen LogP contribution in [-0.4, -0.2) is 62.5 Å². The van der Waals surface area contributed by atoms with Crippen molar-refractivity contribution in [2.45, 2.75) is 18.2 Å². The van der Waals surface area contributed by atoms with Crippen molar-refractivity contribution in [1.29, 1.82) is 0 Å². The number of sulfonamides is 1. The molecule has 2 heterocycles. The van der Waals surface area contributed by atoms with Crippen molar-refractivity contribution >= 4 is 38.9 Å². The molecule has 0 atom stereocenters. The first-order valence-electron chi connectivity index (χ1n) is 8.89. The van der Waals surface area contributed by atoms with Gasteiger partial charge in [0.1, 0.15) is 0 Å². The van der Waals surface area contributed by atoms with E-state index in [-0.39, 0.29) is 11.3 Å². The Morgan fingerprint density at radius 2 is 1.93 bits per heavy atom. The minimum Gasteiger partial charge on any atom is -0.455 e. The molecule has 29 heavy (non-hydrogen) atoms. The largest absolute Gasteiger partial charge is 0.455 e. The number of benzene rings is 1. The van der Waals surface area contributed by atoms with Gasteiger partial charge in [-0.05, 0) is 31.2 Å². The van der Waals surface area contributed by atoms with Crippen LogP contribution in [0.4, 0.5) is 5.69 Å². The van der Waals surface area contributed by atoms with Crippen molar-refractivity contribution in [3.05, 3.63) is 40.3 Å². The maximum Gasteiger partial charge on any atom is 0.312 e. The van der Waals surface area contributed by atoms with Gasteiger partial charge in [0.15, 0.2) is 6.61 Å². The minimum absolute atomic E-state index is 0.00567. The van der Waals surface area contributed by atoms with Crippen molar-refractivity contribution in [2.24, 2.45) is 0 Å². The monoisotopic (exact) mass is 439 g/mol. The number of morpholine rings is 1. The second kappa shape index (κ2) is 9.44.